The lowest BCUT2D eigenvalue weighted by Gasteiger charge is -2.27. The number of alkyl halides is 3. The highest BCUT2D eigenvalue weighted by Gasteiger charge is 2.30. The lowest BCUT2D eigenvalue weighted by Crippen LogP contribution is -2.36. The summed E-state index contributed by atoms with van der Waals surface area (Å²) in [5.41, 5.74) is 0.188. The maximum Gasteiger partial charge on any atom is 0.416 e. The van der Waals surface area contributed by atoms with Gasteiger partial charge in [0.1, 0.15) is 16.5 Å². The average molecular weight is 434 g/mol. The number of nitrogens with zero attached hydrogens (tertiary/aromatic N) is 3. The van der Waals surface area contributed by atoms with E-state index in [1.165, 1.54) is 17.5 Å². The molecule has 30 heavy (non-hydrogen) atoms. The molecule has 6 nitrogen and oxygen atoms in total. The molecular formula is C20H17F3N4O2S. The van der Waals surface area contributed by atoms with Crippen LogP contribution < -0.4 is 10.2 Å². The maximum absolute atomic E-state index is 12.9. The first-order chi connectivity index (χ1) is 14.4. The van der Waals surface area contributed by atoms with Crippen molar-refractivity contribution in [3.05, 3.63) is 59.2 Å². The van der Waals surface area contributed by atoms with Gasteiger partial charge in [-0.25, -0.2) is 9.97 Å². The Balaban J connectivity index is 1.44. The molecule has 0 bridgehead atoms. The van der Waals surface area contributed by atoms with E-state index in [4.69, 9.17) is 4.74 Å². The van der Waals surface area contributed by atoms with Gasteiger partial charge < -0.3 is 15.0 Å². The molecule has 10 heteroatoms. The summed E-state index contributed by atoms with van der Waals surface area (Å²) < 4.78 is 44.0. The number of carbonyl (C=O) groups is 1. The standard InChI is InChI=1S/C20H17F3N4O2S/c21-20(22,23)14-3-1-2-13(10-14)19-26-16(12-30-19)18(28)25-15-4-5-17(24-11-15)27-6-8-29-9-7-27/h1-5,10-12H,6-9H2,(H,25,28). The number of thiazole rings is 1. The lowest BCUT2D eigenvalue weighted by atomic mass is 10.1. The van der Waals surface area contributed by atoms with Crippen molar-refractivity contribution >= 4 is 28.7 Å². The van der Waals surface area contributed by atoms with Crippen LogP contribution in [0.3, 0.4) is 0 Å². The number of pyridine rings is 1. The van der Waals surface area contributed by atoms with Gasteiger partial charge in [0.25, 0.3) is 5.91 Å². The lowest BCUT2D eigenvalue weighted by molar-refractivity contribution is -0.137. The van der Waals surface area contributed by atoms with Gasteiger partial charge in [-0.3, -0.25) is 4.79 Å². The summed E-state index contributed by atoms with van der Waals surface area (Å²) in [7, 11) is 0. The molecule has 0 saturated carbocycles. The number of anilines is 2. The minimum Gasteiger partial charge on any atom is -0.378 e. The van der Waals surface area contributed by atoms with Crippen molar-refractivity contribution in [1.29, 1.82) is 0 Å². The molecule has 0 atom stereocenters. The molecule has 2 aromatic heterocycles. The van der Waals surface area contributed by atoms with Crippen LogP contribution in [0.2, 0.25) is 0 Å². The Hall–Kier alpha value is -2.98. The van der Waals surface area contributed by atoms with Crippen LogP contribution in [-0.4, -0.2) is 42.2 Å². The van der Waals surface area contributed by atoms with E-state index >= 15 is 0 Å². The molecule has 156 valence electrons. The highest BCUT2D eigenvalue weighted by Crippen LogP contribution is 2.33. The van der Waals surface area contributed by atoms with Crippen molar-refractivity contribution in [2.75, 3.05) is 36.5 Å². The Bertz CT molecular complexity index is 1030. The monoisotopic (exact) mass is 434 g/mol. The number of nitrogens with one attached hydrogen (secondary N) is 1. The number of hydrogen-bond donors (Lipinski definition) is 1. The number of benzene rings is 1. The van der Waals surface area contributed by atoms with Crippen LogP contribution >= 0.6 is 11.3 Å². The normalized spacial score (nSPS) is 14.6. The number of morpholine rings is 1. The smallest absolute Gasteiger partial charge is 0.378 e. The topological polar surface area (TPSA) is 67.4 Å². The summed E-state index contributed by atoms with van der Waals surface area (Å²) in [4.78, 5) is 23.1. The Morgan fingerprint density at radius 2 is 1.97 bits per heavy atom. The fourth-order valence-electron chi connectivity index (χ4n) is 2.97. The quantitative estimate of drug-likeness (QED) is 0.663. The highest BCUT2D eigenvalue weighted by molar-refractivity contribution is 7.13. The summed E-state index contributed by atoms with van der Waals surface area (Å²) in [6.45, 7) is 2.82. The van der Waals surface area contributed by atoms with Gasteiger partial charge in [0.05, 0.1) is 30.7 Å². The van der Waals surface area contributed by atoms with Gasteiger partial charge >= 0.3 is 6.18 Å². The second kappa shape index (κ2) is 8.41. The van der Waals surface area contributed by atoms with E-state index in [1.54, 1.807) is 12.3 Å². The van der Waals surface area contributed by atoms with E-state index in [0.29, 0.717) is 29.5 Å². The molecule has 1 aromatic carbocycles. The number of rotatable bonds is 4. The predicted molar refractivity (Wildman–Crippen MR) is 108 cm³/mol. The van der Waals surface area contributed by atoms with Crippen molar-refractivity contribution < 1.29 is 22.7 Å². The molecule has 1 aliphatic rings. The SMILES string of the molecule is O=C(Nc1ccc(N2CCOCC2)nc1)c1csc(-c2cccc(C(F)(F)F)c2)n1. The van der Waals surface area contributed by atoms with E-state index in [-0.39, 0.29) is 5.69 Å². The van der Waals surface area contributed by atoms with Gasteiger partial charge in [-0.05, 0) is 24.3 Å². The zero-order valence-electron chi connectivity index (χ0n) is 15.6. The number of halogens is 3. The minimum absolute atomic E-state index is 0.129. The summed E-state index contributed by atoms with van der Waals surface area (Å²) >= 11 is 1.11. The summed E-state index contributed by atoms with van der Waals surface area (Å²) in [6, 6.07) is 8.43. The molecule has 0 unspecified atom stereocenters. The first-order valence-corrected chi connectivity index (χ1v) is 10.0. The van der Waals surface area contributed by atoms with Crippen molar-refractivity contribution in [3.63, 3.8) is 0 Å². The van der Waals surface area contributed by atoms with E-state index in [0.717, 1.165) is 42.4 Å². The van der Waals surface area contributed by atoms with Crippen LogP contribution in [0.5, 0.6) is 0 Å². The molecule has 3 heterocycles. The number of ether oxygens (including phenoxy) is 1. The number of carbonyl (C=O) groups excluding carboxylic acids is 1. The van der Waals surface area contributed by atoms with Gasteiger partial charge in [-0.15, -0.1) is 11.3 Å². The molecule has 1 amide bonds. The Morgan fingerprint density at radius 3 is 2.67 bits per heavy atom. The van der Waals surface area contributed by atoms with Gasteiger partial charge in [0, 0.05) is 24.0 Å². The fourth-order valence-corrected chi connectivity index (χ4v) is 3.77. The second-order valence-corrected chi connectivity index (χ2v) is 7.43. The van der Waals surface area contributed by atoms with E-state index in [2.05, 4.69) is 20.2 Å². The summed E-state index contributed by atoms with van der Waals surface area (Å²) in [5, 5.41) is 4.56. The second-order valence-electron chi connectivity index (χ2n) is 6.58. The molecular weight excluding hydrogens is 417 g/mol. The number of hydrogen-bond acceptors (Lipinski definition) is 6. The zero-order valence-corrected chi connectivity index (χ0v) is 16.5. The summed E-state index contributed by atoms with van der Waals surface area (Å²) in [6.07, 6.45) is -2.88. The van der Waals surface area contributed by atoms with Crippen molar-refractivity contribution in [2.24, 2.45) is 0 Å². The Morgan fingerprint density at radius 1 is 1.17 bits per heavy atom. The number of amides is 1. The third-order valence-corrected chi connectivity index (χ3v) is 5.41. The molecule has 0 aliphatic carbocycles. The average Bonchev–Trinajstić information content (AvgIpc) is 3.25. The molecule has 1 aliphatic heterocycles. The molecule has 0 radical (unpaired) electrons. The van der Waals surface area contributed by atoms with Gasteiger partial charge in [-0.2, -0.15) is 13.2 Å². The molecule has 0 spiro atoms. The van der Waals surface area contributed by atoms with Crippen LogP contribution in [0.1, 0.15) is 16.1 Å². The molecule has 1 saturated heterocycles. The van der Waals surface area contributed by atoms with E-state index < -0.39 is 17.6 Å². The van der Waals surface area contributed by atoms with Gasteiger partial charge in [0.15, 0.2) is 0 Å². The number of aromatic nitrogens is 2. The van der Waals surface area contributed by atoms with Crippen LogP contribution in [0.4, 0.5) is 24.7 Å². The van der Waals surface area contributed by atoms with Gasteiger partial charge in [0.2, 0.25) is 0 Å². The third kappa shape index (κ3) is 4.60. The van der Waals surface area contributed by atoms with E-state index in [9.17, 15) is 18.0 Å². The molecule has 1 N–H and O–H groups in total. The fraction of sp³-hybridized carbons (Fsp3) is 0.250. The van der Waals surface area contributed by atoms with Crippen molar-refractivity contribution in [1.82, 2.24) is 9.97 Å². The Labute approximate surface area is 174 Å². The van der Waals surface area contributed by atoms with Crippen LogP contribution in [0.15, 0.2) is 48.0 Å². The first-order valence-electron chi connectivity index (χ1n) is 9.13. The van der Waals surface area contributed by atoms with Crippen LogP contribution in [0, 0.1) is 0 Å². The van der Waals surface area contributed by atoms with Crippen molar-refractivity contribution in [2.45, 2.75) is 6.18 Å². The predicted octanol–water partition coefficient (Wildman–Crippen LogP) is 4.31. The Kier molecular flexibility index (Phi) is 5.69. The zero-order chi connectivity index (χ0) is 21.1. The van der Waals surface area contributed by atoms with Crippen LogP contribution in [0.25, 0.3) is 10.6 Å². The largest absolute Gasteiger partial charge is 0.416 e. The molecule has 3 aromatic rings. The van der Waals surface area contributed by atoms with Gasteiger partial charge in [-0.1, -0.05) is 12.1 Å². The van der Waals surface area contributed by atoms with Crippen LogP contribution in [-0.2, 0) is 10.9 Å². The third-order valence-electron chi connectivity index (χ3n) is 4.51. The maximum atomic E-state index is 12.9. The van der Waals surface area contributed by atoms with Crippen molar-refractivity contribution in [3.8, 4) is 10.6 Å². The first kappa shape index (κ1) is 20.3. The summed E-state index contributed by atoms with van der Waals surface area (Å²) in [5.74, 6) is 0.349. The molecule has 4 rings (SSSR count). The minimum atomic E-state index is -4.44. The molecule has 1 fully saturated rings. The highest BCUT2D eigenvalue weighted by atomic mass is 32.1. The van der Waals surface area contributed by atoms with E-state index in [1.807, 2.05) is 6.07 Å².